The summed E-state index contributed by atoms with van der Waals surface area (Å²) in [5.41, 5.74) is 7.15. The van der Waals surface area contributed by atoms with E-state index in [9.17, 15) is 0 Å². The molecule has 0 aliphatic carbocycles. The van der Waals surface area contributed by atoms with Crippen LogP contribution in [0, 0.1) is 20.8 Å². The number of nitrogens with zero attached hydrogens (tertiary/aromatic N) is 3. The molecule has 3 aromatic rings. The molecular formula is C23H27N3O2S. The van der Waals surface area contributed by atoms with Crippen molar-refractivity contribution in [3.8, 4) is 17.0 Å². The van der Waals surface area contributed by atoms with Crippen LogP contribution >= 0.6 is 11.3 Å². The highest BCUT2D eigenvalue weighted by Crippen LogP contribution is 2.30. The van der Waals surface area contributed by atoms with Crippen LogP contribution in [0.5, 0.6) is 5.75 Å². The first-order valence-electron chi connectivity index (χ1n) is 9.88. The van der Waals surface area contributed by atoms with Crippen LogP contribution in [-0.2, 0) is 4.74 Å². The van der Waals surface area contributed by atoms with Gasteiger partial charge < -0.3 is 14.5 Å². The van der Waals surface area contributed by atoms with Crippen LogP contribution < -0.4 is 14.5 Å². The number of hydrogen-bond acceptors (Lipinski definition) is 5. The van der Waals surface area contributed by atoms with Crippen molar-refractivity contribution in [3.05, 3.63) is 63.3 Å². The number of para-hydroxylation sites is 2. The van der Waals surface area contributed by atoms with E-state index in [4.69, 9.17) is 14.5 Å². The number of morpholine rings is 1. The van der Waals surface area contributed by atoms with Crippen molar-refractivity contribution in [2.75, 3.05) is 38.4 Å². The molecule has 1 aromatic heterocycles. The topological polar surface area (TPSA) is 39.0 Å². The molecule has 0 unspecified atom stereocenters. The number of hydrogen-bond donors (Lipinski definition) is 0. The maximum Gasteiger partial charge on any atom is 0.209 e. The lowest BCUT2D eigenvalue weighted by molar-refractivity contribution is 0.111. The first kappa shape index (κ1) is 19.7. The molecule has 1 aliphatic heterocycles. The minimum absolute atomic E-state index is 0.724. The molecule has 2 aromatic carbocycles. The number of aromatic nitrogens is 1. The number of methoxy groups -OCH3 is 1. The molecule has 0 N–H and O–H groups in total. The van der Waals surface area contributed by atoms with E-state index in [1.165, 1.54) is 27.9 Å². The molecule has 29 heavy (non-hydrogen) atoms. The average Bonchev–Trinajstić information content (AvgIpc) is 3.11. The van der Waals surface area contributed by atoms with Gasteiger partial charge in [0.2, 0.25) is 4.80 Å². The molecule has 5 nitrogen and oxygen atoms in total. The third-order valence-electron chi connectivity index (χ3n) is 5.19. The van der Waals surface area contributed by atoms with Gasteiger partial charge in [0.25, 0.3) is 0 Å². The Kier molecular flexibility index (Phi) is 5.74. The van der Waals surface area contributed by atoms with Crippen LogP contribution in [0.4, 0.5) is 5.69 Å². The van der Waals surface area contributed by atoms with Gasteiger partial charge >= 0.3 is 0 Å². The molecule has 0 spiro atoms. The molecular weight excluding hydrogens is 382 g/mol. The lowest BCUT2D eigenvalue weighted by atomic mass is 9.98. The average molecular weight is 410 g/mol. The van der Waals surface area contributed by atoms with E-state index in [2.05, 4.69) is 48.0 Å². The van der Waals surface area contributed by atoms with E-state index in [0.717, 1.165) is 42.5 Å². The molecule has 0 radical (unpaired) electrons. The Morgan fingerprint density at radius 3 is 2.41 bits per heavy atom. The Labute approximate surface area is 175 Å². The zero-order chi connectivity index (χ0) is 20.4. The smallest absolute Gasteiger partial charge is 0.209 e. The highest BCUT2D eigenvalue weighted by Gasteiger charge is 2.20. The second kappa shape index (κ2) is 8.43. The van der Waals surface area contributed by atoms with Gasteiger partial charge in [-0.15, -0.1) is 11.3 Å². The maximum atomic E-state index is 5.60. The SMILES string of the molecule is COc1ccccc1N=c1scc(-c2c(C)cc(C)cc2C)n1N1CCOCC1. The van der Waals surface area contributed by atoms with Gasteiger partial charge in [0.05, 0.1) is 39.1 Å². The van der Waals surface area contributed by atoms with Gasteiger partial charge in [-0.05, 0) is 44.0 Å². The summed E-state index contributed by atoms with van der Waals surface area (Å²) in [7, 11) is 1.68. The van der Waals surface area contributed by atoms with Crippen molar-refractivity contribution in [3.63, 3.8) is 0 Å². The summed E-state index contributed by atoms with van der Waals surface area (Å²) in [5.74, 6) is 0.777. The molecule has 1 saturated heterocycles. The van der Waals surface area contributed by atoms with Crippen molar-refractivity contribution in [2.45, 2.75) is 20.8 Å². The minimum Gasteiger partial charge on any atom is -0.494 e. The summed E-state index contributed by atoms with van der Waals surface area (Å²) < 4.78 is 13.4. The van der Waals surface area contributed by atoms with E-state index in [1.807, 2.05) is 24.3 Å². The van der Waals surface area contributed by atoms with E-state index in [-0.39, 0.29) is 0 Å². The third kappa shape index (κ3) is 3.95. The van der Waals surface area contributed by atoms with Gasteiger partial charge in [-0.2, -0.15) is 0 Å². The second-order valence-corrected chi connectivity index (χ2v) is 8.18. The van der Waals surface area contributed by atoms with Crippen molar-refractivity contribution >= 4 is 17.0 Å². The Morgan fingerprint density at radius 2 is 1.72 bits per heavy atom. The third-order valence-corrected chi connectivity index (χ3v) is 6.01. The van der Waals surface area contributed by atoms with Gasteiger partial charge in [0.15, 0.2) is 0 Å². The largest absolute Gasteiger partial charge is 0.494 e. The number of rotatable bonds is 4. The van der Waals surface area contributed by atoms with Crippen LogP contribution in [0.3, 0.4) is 0 Å². The zero-order valence-corrected chi connectivity index (χ0v) is 18.3. The molecule has 1 aliphatic rings. The molecule has 0 saturated carbocycles. The summed E-state index contributed by atoms with van der Waals surface area (Å²) in [6.45, 7) is 9.65. The van der Waals surface area contributed by atoms with Crippen molar-refractivity contribution < 1.29 is 9.47 Å². The predicted octanol–water partition coefficient (Wildman–Crippen LogP) is 4.35. The quantitative estimate of drug-likeness (QED) is 0.643. The monoisotopic (exact) mass is 409 g/mol. The van der Waals surface area contributed by atoms with E-state index in [1.54, 1.807) is 18.4 Å². The molecule has 6 heteroatoms. The first-order valence-corrected chi connectivity index (χ1v) is 10.8. The van der Waals surface area contributed by atoms with Crippen molar-refractivity contribution in [2.24, 2.45) is 4.99 Å². The van der Waals surface area contributed by atoms with Gasteiger partial charge in [-0.1, -0.05) is 29.8 Å². The van der Waals surface area contributed by atoms with Gasteiger partial charge in [0.1, 0.15) is 11.4 Å². The molecule has 0 amide bonds. The molecule has 0 atom stereocenters. The van der Waals surface area contributed by atoms with Crippen molar-refractivity contribution in [1.29, 1.82) is 0 Å². The second-order valence-electron chi connectivity index (χ2n) is 7.34. The summed E-state index contributed by atoms with van der Waals surface area (Å²) >= 11 is 1.66. The summed E-state index contributed by atoms with van der Waals surface area (Å²) in [5, 5.41) is 4.55. The van der Waals surface area contributed by atoms with E-state index < -0.39 is 0 Å². The van der Waals surface area contributed by atoms with Crippen molar-refractivity contribution in [1.82, 2.24) is 4.68 Å². The van der Waals surface area contributed by atoms with Crippen LogP contribution in [0.2, 0.25) is 0 Å². The van der Waals surface area contributed by atoms with Gasteiger partial charge in [-0.3, -0.25) is 0 Å². The Balaban J connectivity index is 1.93. The Morgan fingerprint density at radius 1 is 1.03 bits per heavy atom. The number of ether oxygens (including phenoxy) is 2. The Bertz CT molecular complexity index is 1050. The van der Waals surface area contributed by atoms with Gasteiger partial charge in [-0.25, -0.2) is 9.67 Å². The molecule has 152 valence electrons. The Hall–Kier alpha value is -2.57. The number of thiazole rings is 1. The fourth-order valence-electron chi connectivity index (χ4n) is 3.99. The molecule has 4 rings (SSSR count). The fraction of sp³-hybridized carbons (Fsp3) is 0.348. The minimum atomic E-state index is 0.724. The molecule has 1 fully saturated rings. The standard InChI is InChI=1S/C23H27N3O2S/c1-16-13-17(2)22(18(3)14-16)20-15-29-23(26(20)25-9-11-28-12-10-25)24-19-7-5-6-8-21(19)27-4/h5-8,13-15H,9-12H2,1-4H3. The lowest BCUT2D eigenvalue weighted by Gasteiger charge is -2.31. The van der Waals surface area contributed by atoms with Crippen LogP contribution in [0.25, 0.3) is 11.3 Å². The molecule has 2 heterocycles. The lowest BCUT2D eigenvalue weighted by Crippen LogP contribution is -2.48. The fourth-order valence-corrected chi connectivity index (χ4v) is 4.89. The summed E-state index contributed by atoms with van der Waals surface area (Å²) in [6, 6.07) is 12.4. The maximum absolute atomic E-state index is 5.60. The normalized spacial score (nSPS) is 15.0. The number of aryl methyl sites for hydroxylation is 3. The summed E-state index contributed by atoms with van der Waals surface area (Å²) in [6.07, 6.45) is 0. The van der Waals surface area contributed by atoms with Crippen LogP contribution in [0.15, 0.2) is 46.8 Å². The zero-order valence-electron chi connectivity index (χ0n) is 17.4. The first-order chi connectivity index (χ1) is 14.1. The molecule has 0 bridgehead atoms. The highest BCUT2D eigenvalue weighted by molar-refractivity contribution is 7.07. The van der Waals surface area contributed by atoms with E-state index in [0.29, 0.717) is 0 Å². The van der Waals surface area contributed by atoms with Crippen LogP contribution in [0.1, 0.15) is 16.7 Å². The van der Waals surface area contributed by atoms with E-state index >= 15 is 0 Å². The van der Waals surface area contributed by atoms with Crippen LogP contribution in [-0.4, -0.2) is 38.1 Å². The number of benzene rings is 2. The summed E-state index contributed by atoms with van der Waals surface area (Å²) in [4.78, 5) is 5.92. The van der Waals surface area contributed by atoms with Gasteiger partial charge in [0, 0.05) is 10.9 Å². The predicted molar refractivity (Wildman–Crippen MR) is 119 cm³/mol. The highest BCUT2D eigenvalue weighted by atomic mass is 32.1.